The maximum Gasteiger partial charge on any atom is 0.123 e. The number of nitrogens with one attached hydrogen (secondary N) is 1. The number of ether oxygens (including phenoxy) is 1. The SMILES string of the molecule is CCCNCCCOc1cccc2c1Cc1ccccc1-2. The fourth-order valence-corrected chi connectivity index (χ4v) is 2.94. The molecule has 21 heavy (non-hydrogen) atoms. The highest BCUT2D eigenvalue weighted by Crippen LogP contribution is 2.40. The molecular weight excluding hydrogens is 258 g/mol. The molecule has 1 N–H and O–H groups in total. The molecule has 3 rings (SSSR count). The van der Waals surface area contributed by atoms with E-state index < -0.39 is 0 Å². The lowest BCUT2D eigenvalue weighted by Crippen LogP contribution is -2.18. The number of hydrogen-bond donors (Lipinski definition) is 1. The van der Waals surface area contributed by atoms with Crippen LogP contribution >= 0.6 is 0 Å². The van der Waals surface area contributed by atoms with Gasteiger partial charge in [-0.05, 0) is 48.7 Å². The lowest BCUT2D eigenvalue weighted by molar-refractivity contribution is 0.306. The van der Waals surface area contributed by atoms with E-state index in [2.05, 4.69) is 54.7 Å². The summed E-state index contributed by atoms with van der Waals surface area (Å²) < 4.78 is 6.02. The summed E-state index contributed by atoms with van der Waals surface area (Å²) in [5.41, 5.74) is 5.46. The van der Waals surface area contributed by atoms with Crippen molar-refractivity contribution in [2.24, 2.45) is 0 Å². The molecule has 0 spiro atoms. The van der Waals surface area contributed by atoms with Crippen LogP contribution in [-0.2, 0) is 6.42 Å². The van der Waals surface area contributed by atoms with Crippen LogP contribution in [0.4, 0.5) is 0 Å². The van der Waals surface area contributed by atoms with Crippen molar-refractivity contribution < 1.29 is 4.74 Å². The van der Waals surface area contributed by atoms with E-state index in [1.807, 2.05) is 0 Å². The van der Waals surface area contributed by atoms with Gasteiger partial charge in [-0.1, -0.05) is 43.3 Å². The first kappa shape index (κ1) is 14.2. The molecule has 2 heteroatoms. The zero-order valence-electron chi connectivity index (χ0n) is 12.7. The minimum absolute atomic E-state index is 0.781. The van der Waals surface area contributed by atoms with Crippen LogP contribution in [0.2, 0.25) is 0 Å². The van der Waals surface area contributed by atoms with Gasteiger partial charge < -0.3 is 10.1 Å². The maximum atomic E-state index is 6.02. The van der Waals surface area contributed by atoms with Gasteiger partial charge in [-0.25, -0.2) is 0 Å². The van der Waals surface area contributed by atoms with Gasteiger partial charge in [0, 0.05) is 12.0 Å². The molecule has 2 aromatic carbocycles. The average molecular weight is 281 g/mol. The topological polar surface area (TPSA) is 21.3 Å². The van der Waals surface area contributed by atoms with E-state index in [4.69, 9.17) is 4.74 Å². The van der Waals surface area contributed by atoms with Gasteiger partial charge in [-0.3, -0.25) is 0 Å². The third-order valence-corrected chi connectivity index (χ3v) is 3.99. The molecular formula is C19H23NO. The van der Waals surface area contributed by atoms with Crippen molar-refractivity contribution in [2.45, 2.75) is 26.2 Å². The Morgan fingerprint density at radius 2 is 1.86 bits per heavy atom. The fourth-order valence-electron chi connectivity index (χ4n) is 2.94. The van der Waals surface area contributed by atoms with Crippen molar-refractivity contribution in [3.05, 3.63) is 53.6 Å². The quantitative estimate of drug-likeness (QED) is 0.660. The highest BCUT2D eigenvalue weighted by Gasteiger charge is 2.20. The van der Waals surface area contributed by atoms with Gasteiger partial charge in [-0.15, -0.1) is 0 Å². The predicted octanol–water partition coefficient (Wildman–Crippen LogP) is 4.03. The molecule has 110 valence electrons. The normalized spacial score (nSPS) is 12.0. The molecule has 0 aromatic heterocycles. The second kappa shape index (κ2) is 6.77. The predicted molar refractivity (Wildman–Crippen MR) is 88.0 cm³/mol. The molecule has 0 unspecified atom stereocenters. The van der Waals surface area contributed by atoms with Crippen molar-refractivity contribution in [1.82, 2.24) is 5.32 Å². The van der Waals surface area contributed by atoms with E-state index in [-0.39, 0.29) is 0 Å². The molecule has 2 aromatic rings. The van der Waals surface area contributed by atoms with Gasteiger partial charge >= 0.3 is 0 Å². The first-order chi connectivity index (χ1) is 10.4. The molecule has 0 radical (unpaired) electrons. The van der Waals surface area contributed by atoms with E-state index in [0.29, 0.717) is 0 Å². The summed E-state index contributed by atoms with van der Waals surface area (Å²) in [6, 6.07) is 15.1. The van der Waals surface area contributed by atoms with E-state index in [9.17, 15) is 0 Å². The van der Waals surface area contributed by atoms with Gasteiger partial charge in [0.1, 0.15) is 5.75 Å². The second-order valence-corrected chi connectivity index (χ2v) is 5.57. The Bertz CT molecular complexity index is 606. The van der Waals surface area contributed by atoms with E-state index in [1.165, 1.54) is 28.7 Å². The van der Waals surface area contributed by atoms with Crippen LogP contribution in [0.25, 0.3) is 11.1 Å². The van der Waals surface area contributed by atoms with E-state index in [1.54, 1.807) is 0 Å². The van der Waals surface area contributed by atoms with Crippen molar-refractivity contribution in [1.29, 1.82) is 0 Å². The van der Waals surface area contributed by atoms with Crippen molar-refractivity contribution >= 4 is 0 Å². The highest BCUT2D eigenvalue weighted by molar-refractivity contribution is 5.78. The molecule has 0 bridgehead atoms. The lowest BCUT2D eigenvalue weighted by atomic mass is 10.1. The fraction of sp³-hybridized carbons (Fsp3) is 0.368. The van der Waals surface area contributed by atoms with E-state index in [0.717, 1.165) is 38.3 Å². The average Bonchev–Trinajstić information content (AvgIpc) is 2.90. The third kappa shape index (κ3) is 3.11. The minimum Gasteiger partial charge on any atom is -0.493 e. The van der Waals surface area contributed by atoms with Crippen LogP contribution in [0.3, 0.4) is 0 Å². The molecule has 0 atom stereocenters. The molecule has 1 aliphatic rings. The summed E-state index contributed by atoms with van der Waals surface area (Å²) in [5.74, 6) is 1.05. The molecule has 0 saturated carbocycles. The molecule has 1 aliphatic carbocycles. The summed E-state index contributed by atoms with van der Waals surface area (Å²) in [6.45, 7) is 5.09. The second-order valence-electron chi connectivity index (χ2n) is 5.57. The van der Waals surface area contributed by atoms with Gasteiger partial charge in [-0.2, -0.15) is 0 Å². The maximum absolute atomic E-state index is 6.02. The summed E-state index contributed by atoms with van der Waals surface area (Å²) in [6.07, 6.45) is 3.23. The van der Waals surface area contributed by atoms with Crippen molar-refractivity contribution in [3.63, 3.8) is 0 Å². The van der Waals surface area contributed by atoms with E-state index >= 15 is 0 Å². The summed E-state index contributed by atoms with van der Waals surface area (Å²) >= 11 is 0. The smallest absolute Gasteiger partial charge is 0.123 e. The Morgan fingerprint density at radius 1 is 1.00 bits per heavy atom. The molecule has 0 aliphatic heterocycles. The van der Waals surface area contributed by atoms with Gasteiger partial charge in [0.05, 0.1) is 6.61 Å². The van der Waals surface area contributed by atoms with Gasteiger partial charge in [0.25, 0.3) is 0 Å². The summed E-state index contributed by atoms with van der Waals surface area (Å²) in [7, 11) is 0. The zero-order chi connectivity index (χ0) is 14.5. The van der Waals surface area contributed by atoms with Crippen LogP contribution in [0.15, 0.2) is 42.5 Å². The minimum atomic E-state index is 0.781. The highest BCUT2D eigenvalue weighted by atomic mass is 16.5. The molecule has 0 saturated heterocycles. The van der Waals surface area contributed by atoms with Crippen molar-refractivity contribution in [2.75, 3.05) is 19.7 Å². The lowest BCUT2D eigenvalue weighted by Gasteiger charge is -2.11. The number of rotatable bonds is 7. The monoisotopic (exact) mass is 281 g/mol. The first-order valence-corrected chi connectivity index (χ1v) is 7.94. The molecule has 0 amide bonds. The Morgan fingerprint density at radius 3 is 2.76 bits per heavy atom. The largest absolute Gasteiger partial charge is 0.493 e. The summed E-state index contributed by atoms with van der Waals surface area (Å²) in [4.78, 5) is 0. The Balaban J connectivity index is 1.64. The van der Waals surface area contributed by atoms with Crippen LogP contribution in [0.1, 0.15) is 30.9 Å². The Kier molecular flexibility index (Phi) is 4.56. The molecule has 0 heterocycles. The standard InChI is InChI=1S/C19H23NO/c1-2-11-20-12-6-13-21-19-10-5-9-17-16-8-4-3-7-15(16)14-18(17)19/h3-5,7-10,20H,2,6,11-14H2,1H3. The number of hydrogen-bond acceptors (Lipinski definition) is 2. The van der Waals surface area contributed by atoms with Crippen LogP contribution in [0, 0.1) is 0 Å². The molecule has 0 fully saturated rings. The van der Waals surface area contributed by atoms with Gasteiger partial charge in [0.2, 0.25) is 0 Å². The Hall–Kier alpha value is -1.80. The zero-order valence-corrected chi connectivity index (χ0v) is 12.7. The first-order valence-electron chi connectivity index (χ1n) is 7.94. The van der Waals surface area contributed by atoms with Crippen LogP contribution < -0.4 is 10.1 Å². The van der Waals surface area contributed by atoms with Crippen LogP contribution in [-0.4, -0.2) is 19.7 Å². The van der Waals surface area contributed by atoms with Gasteiger partial charge in [0.15, 0.2) is 0 Å². The number of benzene rings is 2. The molecule has 2 nitrogen and oxygen atoms in total. The number of fused-ring (bicyclic) bond motifs is 3. The Labute approximate surface area is 127 Å². The van der Waals surface area contributed by atoms with Crippen LogP contribution in [0.5, 0.6) is 5.75 Å². The third-order valence-electron chi connectivity index (χ3n) is 3.99. The van der Waals surface area contributed by atoms with Crippen molar-refractivity contribution in [3.8, 4) is 16.9 Å². The summed E-state index contributed by atoms with van der Waals surface area (Å²) in [5, 5.41) is 3.41.